The van der Waals surface area contributed by atoms with Crippen molar-refractivity contribution < 1.29 is 18.7 Å². The highest BCUT2D eigenvalue weighted by Crippen LogP contribution is 2.20. The van der Waals surface area contributed by atoms with Crippen molar-refractivity contribution in [3.8, 4) is 0 Å². The van der Waals surface area contributed by atoms with Gasteiger partial charge in [0.2, 0.25) is 0 Å². The van der Waals surface area contributed by atoms with Gasteiger partial charge in [-0.15, -0.1) is 0 Å². The zero-order valence-electron chi connectivity index (χ0n) is 9.70. The molecule has 0 aromatic heterocycles. The number of primary amides is 1. The van der Waals surface area contributed by atoms with E-state index in [1.807, 2.05) is 6.92 Å². The van der Waals surface area contributed by atoms with Crippen molar-refractivity contribution in [2.75, 3.05) is 14.2 Å². The van der Waals surface area contributed by atoms with E-state index in [4.69, 9.17) is 19.6 Å². The Morgan fingerprint density at radius 1 is 1.53 bits per heavy atom. The summed E-state index contributed by atoms with van der Waals surface area (Å²) in [5.41, 5.74) is 5.05. The molecule has 90 valence electrons. The predicted octanol–water partition coefficient (Wildman–Crippen LogP) is -0.933. The Hall–Kier alpha value is -0.633. The van der Waals surface area contributed by atoms with Gasteiger partial charge in [0.25, 0.3) is 5.97 Å². The van der Waals surface area contributed by atoms with Crippen molar-refractivity contribution in [1.82, 2.24) is 5.32 Å². The molecule has 0 spiro atoms. The number of urea groups is 1. The number of methoxy groups -OCH3 is 2. The van der Waals surface area contributed by atoms with E-state index >= 15 is 0 Å². The van der Waals surface area contributed by atoms with Crippen molar-refractivity contribution >= 4 is 16.5 Å². The van der Waals surface area contributed by atoms with Crippen LogP contribution in [0.25, 0.3) is 0 Å². The molecule has 0 saturated carbocycles. The lowest BCUT2D eigenvalue weighted by Gasteiger charge is -2.32. The molecule has 0 radical (unpaired) electrons. The second kappa shape index (κ2) is 6.78. The molecule has 0 aliphatic carbocycles. The fourth-order valence-electron chi connectivity index (χ4n) is 1.30. The van der Waals surface area contributed by atoms with Crippen molar-refractivity contribution in [3.63, 3.8) is 0 Å². The van der Waals surface area contributed by atoms with Gasteiger partial charge in [-0.2, -0.15) is 0 Å². The summed E-state index contributed by atoms with van der Waals surface area (Å²) in [7, 11) is 3.48. The standard InChI is InChI=1S/C8H20N2O4Si/c1-4-6(10-7(9)11)5-8(12-2,13-3)14-15/h6H,4-5H2,1-3,15H3,(H3,9,10,11). The Morgan fingerprint density at radius 3 is 2.33 bits per heavy atom. The SMILES string of the molecule is CCC(CC(OC)(OC)O[SiH3])NC(N)=O. The van der Waals surface area contributed by atoms with Crippen molar-refractivity contribution in [3.05, 3.63) is 0 Å². The molecule has 0 aromatic rings. The zero-order valence-corrected chi connectivity index (χ0v) is 11.7. The maximum absolute atomic E-state index is 10.7. The van der Waals surface area contributed by atoms with E-state index in [-0.39, 0.29) is 6.04 Å². The topological polar surface area (TPSA) is 82.8 Å². The number of hydrogen-bond acceptors (Lipinski definition) is 4. The lowest BCUT2D eigenvalue weighted by Crippen LogP contribution is -2.47. The summed E-state index contributed by atoms with van der Waals surface area (Å²) < 4.78 is 15.5. The largest absolute Gasteiger partial charge is 0.380 e. The number of hydrogen-bond donors (Lipinski definition) is 2. The quantitative estimate of drug-likeness (QED) is 0.442. The molecule has 2 amide bonds. The first-order valence-corrected chi connectivity index (χ1v) is 5.56. The molecule has 7 heteroatoms. The molecule has 0 heterocycles. The lowest BCUT2D eigenvalue weighted by atomic mass is 10.1. The highest BCUT2D eigenvalue weighted by molar-refractivity contribution is 5.98. The Balaban J connectivity index is 4.40. The summed E-state index contributed by atoms with van der Waals surface area (Å²) in [5.74, 6) is -1.07. The van der Waals surface area contributed by atoms with E-state index in [0.717, 1.165) is 6.42 Å². The van der Waals surface area contributed by atoms with E-state index in [9.17, 15) is 4.79 Å². The summed E-state index contributed by atoms with van der Waals surface area (Å²) in [5, 5.41) is 2.60. The average Bonchev–Trinajstić information content (AvgIpc) is 2.24. The molecule has 0 rings (SSSR count). The number of nitrogens with one attached hydrogen (secondary N) is 1. The van der Waals surface area contributed by atoms with Gasteiger partial charge in [-0.25, -0.2) is 4.79 Å². The highest BCUT2D eigenvalue weighted by Gasteiger charge is 2.32. The Morgan fingerprint density at radius 2 is 2.07 bits per heavy atom. The Bertz CT molecular complexity index is 191. The van der Waals surface area contributed by atoms with E-state index < -0.39 is 12.0 Å². The van der Waals surface area contributed by atoms with Crippen LogP contribution in [-0.2, 0) is 13.9 Å². The lowest BCUT2D eigenvalue weighted by molar-refractivity contribution is -0.326. The minimum atomic E-state index is -1.07. The van der Waals surface area contributed by atoms with Crippen LogP contribution in [0.15, 0.2) is 0 Å². The van der Waals surface area contributed by atoms with Gasteiger partial charge in [-0.05, 0) is 6.42 Å². The molecular formula is C8H20N2O4Si. The van der Waals surface area contributed by atoms with Gasteiger partial charge in [-0.1, -0.05) is 6.92 Å². The predicted molar refractivity (Wildman–Crippen MR) is 59.2 cm³/mol. The second-order valence-corrected chi connectivity index (χ2v) is 3.52. The molecule has 0 aliphatic heterocycles. The van der Waals surface area contributed by atoms with Crippen LogP contribution in [0.1, 0.15) is 19.8 Å². The van der Waals surface area contributed by atoms with E-state index in [0.29, 0.717) is 16.9 Å². The molecule has 0 aliphatic rings. The highest BCUT2D eigenvalue weighted by atomic mass is 28.2. The van der Waals surface area contributed by atoms with E-state index in [1.54, 1.807) is 0 Å². The van der Waals surface area contributed by atoms with Gasteiger partial charge in [0.1, 0.15) is 0 Å². The van der Waals surface area contributed by atoms with Gasteiger partial charge in [0.15, 0.2) is 10.5 Å². The fraction of sp³-hybridized carbons (Fsp3) is 0.875. The molecule has 0 aromatic carbocycles. The van der Waals surface area contributed by atoms with Gasteiger partial charge < -0.3 is 25.0 Å². The maximum Gasteiger partial charge on any atom is 0.312 e. The monoisotopic (exact) mass is 236 g/mol. The van der Waals surface area contributed by atoms with Crippen molar-refractivity contribution in [2.24, 2.45) is 5.73 Å². The number of carbonyl (C=O) groups is 1. The second-order valence-electron chi connectivity index (χ2n) is 3.11. The van der Waals surface area contributed by atoms with Crippen LogP contribution in [0.2, 0.25) is 0 Å². The summed E-state index contributed by atoms with van der Waals surface area (Å²) in [6, 6.07) is -0.687. The van der Waals surface area contributed by atoms with Gasteiger partial charge in [-0.3, -0.25) is 0 Å². The maximum atomic E-state index is 10.7. The summed E-state index contributed by atoms with van der Waals surface area (Å²) >= 11 is 0. The minimum Gasteiger partial charge on any atom is -0.380 e. The van der Waals surface area contributed by atoms with Crippen LogP contribution in [0, 0.1) is 0 Å². The fourth-order valence-corrected chi connectivity index (χ4v) is 1.80. The first-order valence-electron chi connectivity index (χ1n) is 4.75. The molecule has 3 N–H and O–H groups in total. The molecule has 0 fully saturated rings. The van der Waals surface area contributed by atoms with Crippen LogP contribution in [0.5, 0.6) is 0 Å². The normalized spacial score (nSPS) is 13.8. The smallest absolute Gasteiger partial charge is 0.312 e. The van der Waals surface area contributed by atoms with Gasteiger partial charge in [0, 0.05) is 26.7 Å². The van der Waals surface area contributed by atoms with Crippen LogP contribution in [0.3, 0.4) is 0 Å². The Kier molecular flexibility index (Phi) is 6.49. The van der Waals surface area contributed by atoms with Crippen LogP contribution in [-0.4, -0.2) is 42.8 Å². The summed E-state index contributed by atoms with van der Waals surface area (Å²) in [6.45, 7) is 1.93. The summed E-state index contributed by atoms with van der Waals surface area (Å²) in [4.78, 5) is 10.7. The molecule has 0 saturated heterocycles. The third-order valence-corrected chi connectivity index (χ3v) is 2.89. The Labute approximate surface area is 93.0 Å². The molecule has 6 nitrogen and oxygen atoms in total. The molecule has 0 bridgehead atoms. The van der Waals surface area contributed by atoms with Crippen LogP contribution < -0.4 is 11.1 Å². The van der Waals surface area contributed by atoms with Crippen molar-refractivity contribution in [2.45, 2.75) is 31.8 Å². The molecule has 15 heavy (non-hydrogen) atoms. The van der Waals surface area contributed by atoms with E-state index in [1.165, 1.54) is 14.2 Å². The average molecular weight is 236 g/mol. The first kappa shape index (κ1) is 14.4. The van der Waals surface area contributed by atoms with Gasteiger partial charge in [0.05, 0.1) is 0 Å². The van der Waals surface area contributed by atoms with Gasteiger partial charge >= 0.3 is 6.03 Å². The summed E-state index contributed by atoms with van der Waals surface area (Å²) in [6.07, 6.45) is 1.13. The molecular weight excluding hydrogens is 216 g/mol. The number of amides is 2. The van der Waals surface area contributed by atoms with Crippen LogP contribution >= 0.6 is 0 Å². The van der Waals surface area contributed by atoms with E-state index in [2.05, 4.69) is 5.32 Å². The third kappa shape index (κ3) is 4.60. The minimum absolute atomic E-state index is 0.128. The third-order valence-electron chi connectivity index (χ3n) is 2.27. The molecule has 1 atom stereocenters. The van der Waals surface area contributed by atoms with Crippen LogP contribution in [0.4, 0.5) is 4.79 Å². The zero-order chi connectivity index (χ0) is 11.9. The number of ether oxygens (including phenoxy) is 2. The number of rotatable bonds is 7. The molecule has 1 unspecified atom stereocenters. The number of carbonyl (C=O) groups excluding carboxylic acids is 1. The first-order chi connectivity index (χ1) is 7.03. The van der Waals surface area contributed by atoms with Crippen molar-refractivity contribution in [1.29, 1.82) is 0 Å². The number of nitrogens with two attached hydrogens (primary N) is 1.